The maximum absolute atomic E-state index is 12.6. The van der Waals surface area contributed by atoms with Crippen LogP contribution in [0.3, 0.4) is 0 Å². The highest BCUT2D eigenvalue weighted by atomic mass is 19.4. The molecule has 4 nitrogen and oxygen atoms in total. The van der Waals surface area contributed by atoms with Gasteiger partial charge in [-0.3, -0.25) is 9.69 Å². The molecule has 2 heterocycles. The van der Waals surface area contributed by atoms with Crippen LogP contribution in [0.4, 0.5) is 24.7 Å². The van der Waals surface area contributed by atoms with Gasteiger partial charge in [-0.25, -0.2) is 4.98 Å². The van der Waals surface area contributed by atoms with Crippen molar-refractivity contribution < 1.29 is 22.9 Å². The number of aromatic nitrogens is 1. The zero-order chi connectivity index (χ0) is 19.6. The molecule has 0 bridgehead atoms. The molecule has 1 aromatic carbocycles. The summed E-state index contributed by atoms with van der Waals surface area (Å²) in [7, 11) is 0. The number of H-pyrrole nitrogens is 1. The van der Waals surface area contributed by atoms with E-state index in [4.69, 9.17) is 0 Å². The van der Waals surface area contributed by atoms with Crippen LogP contribution in [0.25, 0.3) is 0 Å². The van der Waals surface area contributed by atoms with Gasteiger partial charge in [0.05, 0.1) is 18.7 Å². The number of nitrogens with one attached hydrogen (secondary N) is 2. The minimum atomic E-state index is -4.35. The first-order chi connectivity index (χ1) is 12.7. The molecule has 2 aromatic rings. The monoisotopic (exact) mass is 378 g/mol. The predicted molar refractivity (Wildman–Crippen MR) is 97.5 cm³/mol. The Bertz CT molecular complexity index is 810. The summed E-state index contributed by atoms with van der Waals surface area (Å²) in [6, 6.07) is 8.35. The van der Waals surface area contributed by atoms with E-state index in [1.165, 1.54) is 11.6 Å². The molecule has 27 heavy (non-hydrogen) atoms. The molecule has 1 fully saturated rings. The van der Waals surface area contributed by atoms with Crippen LogP contribution in [0.15, 0.2) is 36.5 Å². The van der Waals surface area contributed by atoms with Crippen LogP contribution in [-0.4, -0.2) is 19.0 Å². The number of aromatic amines is 1. The first-order valence-electron chi connectivity index (χ1n) is 8.96. The quantitative estimate of drug-likeness (QED) is 0.878. The second-order valence-electron chi connectivity index (χ2n) is 7.01. The number of carbonyl (C=O) groups is 1. The van der Waals surface area contributed by atoms with Crippen molar-refractivity contribution in [3.8, 4) is 0 Å². The lowest BCUT2D eigenvalue weighted by atomic mass is 9.95. The Morgan fingerprint density at radius 3 is 2.37 bits per heavy atom. The van der Waals surface area contributed by atoms with Crippen molar-refractivity contribution in [3.05, 3.63) is 53.2 Å². The minimum Gasteiger partial charge on any atom is -0.326 e. The zero-order valence-electron chi connectivity index (χ0n) is 15.4. The van der Waals surface area contributed by atoms with E-state index in [0.717, 1.165) is 23.5 Å². The van der Waals surface area contributed by atoms with E-state index in [1.807, 2.05) is 36.9 Å². The molecule has 0 aliphatic carbocycles. The highest BCUT2D eigenvalue weighted by molar-refractivity contribution is 5.92. The van der Waals surface area contributed by atoms with E-state index in [2.05, 4.69) is 10.3 Å². The van der Waals surface area contributed by atoms with Gasteiger partial charge in [0.2, 0.25) is 5.91 Å². The number of hydrogen-bond donors (Lipinski definition) is 1. The number of nitrogens with zero attached hydrogens (tertiary/aromatic N) is 1. The van der Waals surface area contributed by atoms with E-state index < -0.39 is 11.7 Å². The van der Waals surface area contributed by atoms with Gasteiger partial charge in [-0.05, 0) is 56.0 Å². The number of aryl methyl sites for hydroxylation is 2. The maximum Gasteiger partial charge on any atom is 0.419 e. The predicted octanol–water partition coefficient (Wildman–Crippen LogP) is 3.99. The first-order valence-corrected chi connectivity index (χ1v) is 8.96. The van der Waals surface area contributed by atoms with Crippen molar-refractivity contribution >= 4 is 17.4 Å². The lowest BCUT2D eigenvalue weighted by Crippen LogP contribution is -2.40. The van der Waals surface area contributed by atoms with Crippen molar-refractivity contribution in [1.29, 1.82) is 0 Å². The number of rotatable bonds is 3. The molecule has 0 saturated carbocycles. The molecule has 1 aliphatic heterocycles. The van der Waals surface area contributed by atoms with Crippen molar-refractivity contribution in [1.82, 2.24) is 0 Å². The molecule has 3 rings (SSSR count). The summed E-state index contributed by atoms with van der Waals surface area (Å²) in [5.41, 5.74) is 2.39. The number of amides is 1. The van der Waals surface area contributed by atoms with Crippen molar-refractivity contribution in [2.24, 2.45) is 5.92 Å². The van der Waals surface area contributed by atoms with Gasteiger partial charge in [0.25, 0.3) is 5.82 Å². The molecule has 0 spiro atoms. The van der Waals surface area contributed by atoms with Gasteiger partial charge in [0.1, 0.15) is 6.20 Å². The second kappa shape index (κ2) is 7.58. The number of benzene rings is 1. The van der Waals surface area contributed by atoms with Crippen LogP contribution in [0.5, 0.6) is 0 Å². The van der Waals surface area contributed by atoms with Crippen molar-refractivity contribution in [2.45, 2.75) is 32.9 Å². The number of halogens is 3. The van der Waals surface area contributed by atoms with Crippen LogP contribution >= 0.6 is 0 Å². The molecular weight excluding hydrogens is 355 g/mol. The lowest BCUT2D eigenvalue weighted by Gasteiger charge is -2.27. The third kappa shape index (κ3) is 4.59. The van der Waals surface area contributed by atoms with Crippen LogP contribution in [0, 0.1) is 19.8 Å². The Kier molecular flexibility index (Phi) is 5.39. The smallest absolute Gasteiger partial charge is 0.326 e. The Balaban J connectivity index is 1.56. The van der Waals surface area contributed by atoms with Gasteiger partial charge >= 0.3 is 6.18 Å². The fourth-order valence-corrected chi connectivity index (χ4v) is 3.24. The summed E-state index contributed by atoms with van der Waals surface area (Å²) < 4.78 is 37.9. The summed E-state index contributed by atoms with van der Waals surface area (Å²) in [4.78, 5) is 17.2. The molecule has 0 atom stereocenters. The molecule has 0 radical (unpaired) electrons. The van der Waals surface area contributed by atoms with E-state index in [1.54, 1.807) is 0 Å². The standard InChI is InChI=1S/C20H22F3N3O/c1-13-3-5-17(11-14(13)2)25-19(27)15-7-9-26(10-8-15)18-6-4-16(12-24-18)20(21,22)23/h3-6,11-12,15H,7-10H2,1-2H3,(H,25,27)/p+1. The maximum atomic E-state index is 12.6. The molecule has 1 saturated heterocycles. The van der Waals surface area contributed by atoms with Crippen LogP contribution in [-0.2, 0) is 11.0 Å². The second-order valence-corrected chi connectivity index (χ2v) is 7.01. The molecule has 2 N–H and O–H groups in total. The number of carbonyl (C=O) groups excluding carboxylic acids is 1. The van der Waals surface area contributed by atoms with Crippen LogP contribution in [0.2, 0.25) is 0 Å². The highest BCUT2D eigenvalue weighted by Gasteiger charge is 2.33. The van der Waals surface area contributed by atoms with E-state index in [-0.39, 0.29) is 11.8 Å². The Morgan fingerprint density at radius 2 is 1.81 bits per heavy atom. The van der Waals surface area contributed by atoms with Crippen LogP contribution < -0.4 is 15.2 Å². The fourth-order valence-electron chi connectivity index (χ4n) is 3.24. The summed E-state index contributed by atoms with van der Waals surface area (Å²) in [5.74, 6) is 0.530. The molecule has 1 aromatic heterocycles. The summed E-state index contributed by atoms with van der Waals surface area (Å²) in [5, 5.41) is 2.97. The van der Waals surface area contributed by atoms with Gasteiger partial charge in [-0.1, -0.05) is 6.07 Å². The average molecular weight is 378 g/mol. The van der Waals surface area contributed by atoms with Gasteiger partial charge in [-0.2, -0.15) is 13.2 Å². The third-order valence-electron chi connectivity index (χ3n) is 5.10. The summed E-state index contributed by atoms with van der Waals surface area (Å²) >= 11 is 0. The van der Waals surface area contributed by atoms with E-state index in [9.17, 15) is 18.0 Å². The summed E-state index contributed by atoms with van der Waals surface area (Å²) in [6.07, 6.45) is -2.06. The van der Waals surface area contributed by atoms with Gasteiger partial charge < -0.3 is 5.32 Å². The molecule has 1 amide bonds. The van der Waals surface area contributed by atoms with Crippen molar-refractivity contribution in [2.75, 3.05) is 23.3 Å². The number of piperidine rings is 1. The number of anilines is 2. The van der Waals surface area contributed by atoms with Gasteiger partial charge in [0.15, 0.2) is 0 Å². The SMILES string of the molecule is Cc1ccc(NC(=O)C2CCN(c3ccc(C(F)(F)F)c[nH+]3)CC2)cc1C. The zero-order valence-corrected chi connectivity index (χ0v) is 15.4. The lowest BCUT2D eigenvalue weighted by molar-refractivity contribution is -0.367. The Labute approximate surface area is 156 Å². The van der Waals surface area contributed by atoms with Crippen molar-refractivity contribution in [3.63, 3.8) is 0 Å². The van der Waals surface area contributed by atoms with Crippen LogP contribution in [0.1, 0.15) is 29.5 Å². The third-order valence-corrected chi connectivity index (χ3v) is 5.10. The molecular formula is C20H23F3N3O+. The molecule has 1 aliphatic rings. The Morgan fingerprint density at radius 1 is 1.11 bits per heavy atom. The molecule has 144 valence electrons. The molecule has 7 heteroatoms. The normalized spacial score (nSPS) is 15.7. The highest BCUT2D eigenvalue weighted by Crippen LogP contribution is 2.29. The largest absolute Gasteiger partial charge is 0.419 e. The van der Waals surface area contributed by atoms with E-state index >= 15 is 0 Å². The minimum absolute atomic E-state index is 0.00528. The van der Waals surface area contributed by atoms with E-state index in [0.29, 0.717) is 31.7 Å². The average Bonchev–Trinajstić information content (AvgIpc) is 2.64. The first kappa shape index (κ1) is 19.2. The number of pyridine rings is 1. The van der Waals surface area contributed by atoms with Gasteiger partial charge in [-0.15, -0.1) is 0 Å². The molecule has 0 unspecified atom stereocenters. The Hall–Kier alpha value is -2.57. The fraction of sp³-hybridized carbons (Fsp3) is 0.400. The van der Waals surface area contributed by atoms with Gasteiger partial charge in [0, 0.05) is 17.7 Å². The topological polar surface area (TPSA) is 46.5 Å². The number of hydrogen-bond acceptors (Lipinski definition) is 2. The summed E-state index contributed by atoms with van der Waals surface area (Å²) in [6.45, 7) is 5.26. The number of alkyl halides is 3.